The minimum absolute atomic E-state index is 0.0602. The van der Waals surface area contributed by atoms with E-state index in [1.54, 1.807) is 0 Å². The van der Waals surface area contributed by atoms with Gasteiger partial charge in [-0.25, -0.2) is 0 Å². The fourth-order valence-corrected chi connectivity index (χ4v) is 2.93. The number of rotatable bonds is 0. The minimum Gasteiger partial charge on any atom is -0.294 e. The van der Waals surface area contributed by atoms with Gasteiger partial charge in [-0.05, 0) is 24.3 Å². The first-order chi connectivity index (χ1) is 6.29. The van der Waals surface area contributed by atoms with Gasteiger partial charge in [0.05, 0.1) is 5.92 Å². The summed E-state index contributed by atoms with van der Waals surface area (Å²) in [6, 6.07) is 0. The molecule has 0 N–H and O–H groups in total. The Labute approximate surface area is 77.8 Å². The van der Waals surface area contributed by atoms with Gasteiger partial charge < -0.3 is 0 Å². The van der Waals surface area contributed by atoms with E-state index in [4.69, 9.17) is 0 Å². The maximum absolute atomic E-state index is 11.7. The van der Waals surface area contributed by atoms with Crippen LogP contribution in [-0.2, 0) is 4.79 Å². The summed E-state index contributed by atoms with van der Waals surface area (Å²) in [6.45, 7) is 3.91. The number of Topliss-reactive ketones (excluding diaryl/α,β-unsaturated/α-hetero) is 1. The van der Waals surface area contributed by atoms with Crippen LogP contribution >= 0.6 is 0 Å². The standard InChI is InChI=1S/C12H12O/c1-7-8-5-6-11(12(7)13)10-4-2-3-9(8)10/h4-6,8-9,11H,1-3H2. The molecule has 2 bridgehead atoms. The van der Waals surface area contributed by atoms with Gasteiger partial charge in [-0.3, -0.25) is 4.79 Å². The van der Waals surface area contributed by atoms with E-state index in [1.165, 1.54) is 12.0 Å². The Balaban J connectivity index is 2.17. The second-order valence-electron chi connectivity index (χ2n) is 4.17. The van der Waals surface area contributed by atoms with E-state index in [2.05, 4.69) is 24.8 Å². The molecular weight excluding hydrogens is 160 g/mol. The third-order valence-corrected chi connectivity index (χ3v) is 3.59. The molecule has 0 aromatic heterocycles. The molecule has 1 fully saturated rings. The topological polar surface area (TPSA) is 17.1 Å². The molecule has 1 saturated carbocycles. The van der Waals surface area contributed by atoms with Crippen molar-refractivity contribution in [2.45, 2.75) is 12.8 Å². The van der Waals surface area contributed by atoms with E-state index in [1.807, 2.05) is 0 Å². The van der Waals surface area contributed by atoms with Crippen molar-refractivity contribution in [3.63, 3.8) is 0 Å². The molecule has 0 aliphatic heterocycles. The van der Waals surface area contributed by atoms with Crippen molar-refractivity contribution in [1.29, 1.82) is 0 Å². The maximum Gasteiger partial charge on any atom is 0.169 e. The van der Waals surface area contributed by atoms with Crippen LogP contribution in [0.5, 0.6) is 0 Å². The third-order valence-electron chi connectivity index (χ3n) is 3.59. The molecule has 0 saturated heterocycles. The highest BCUT2D eigenvalue weighted by Gasteiger charge is 2.44. The van der Waals surface area contributed by atoms with Crippen LogP contribution in [0.4, 0.5) is 0 Å². The van der Waals surface area contributed by atoms with Crippen LogP contribution in [0.25, 0.3) is 0 Å². The van der Waals surface area contributed by atoms with Crippen LogP contribution in [0.3, 0.4) is 0 Å². The van der Waals surface area contributed by atoms with Crippen LogP contribution in [0, 0.1) is 17.8 Å². The fraction of sp³-hybridized carbons (Fsp3) is 0.417. The number of ketones is 1. The van der Waals surface area contributed by atoms with Crippen LogP contribution in [0.1, 0.15) is 12.8 Å². The molecule has 13 heavy (non-hydrogen) atoms. The molecule has 3 unspecified atom stereocenters. The SMILES string of the molecule is C=C1C(=O)C2C=CC1C1CCC=C21. The lowest BCUT2D eigenvalue weighted by Crippen LogP contribution is -2.37. The molecule has 0 aromatic rings. The predicted molar refractivity (Wildman–Crippen MR) is 51.1 cm³/mol. The van der Waals surface area contributed by atoms with Crippen LogP contribution in [0.2, 0.25) is 0 Å². The summed E-state index contributed by atoms with van der Waals surface area (Å²) in [5, 5.41) is 0. The summed E-state index contributed by atoms with van der Waals surface area (Å²) in [4.78, 5) is 11.7. The smallest absolute Gasteiger partial charge is 0.169 e. The third kappa shape index (κ3) is 0.749. The average Bonchev–Trinajstić information content (AvgIpc) is 2.61. The van der Waals surface area contributed by atoms with E-state index >= 15 is 0 Å². The Morgan fingerprint density at radius 2 is 2.23 bits per heavy atom. The van der Waals surface area contributed by atoms with Gasteiger partial charge in [0.25, 0.3) is 0 Å². The zero-order valence-electron chi connectivity index (χ0n) is 7.49. The zero-order chi connectivity index (χ0) is 9.00. The number of hydrogen-bond acceptors (Lipinski definition) is 1. The molecular formula is C12H12O. The van der Waals surface area contributed by atoms with Crippen LogP contribution in [-0.4, -0.2) is 5.78 Å². The number of hydrogen-bond donors (Lipinski definition) is 0. The zero-order valence-corrected chi connectivity index (χ0v) is 7.49. The first kappa shape index (κ1) is 7.31. The Hall–Kier alpha value is -1.11. The summed E-state index contributed by atoms with van der Waals surface area (Å²) in [5.41, 5.74) is 2.22. The second kappa shape index (κ2) is 2.22. The van der Waals surface area contributed by atoms with Crippen molar-refractivity contribution in [3.05, 3.63) is 36.0 Å². The van der Waals surface area contributed by atoms with Crippen molar-refractivity contribution in [1.82, 2.24) is 0 Å². The van der Waals surface area contributed by atoms with Gasteiger partial charge in [-0.2, -0.15) is 0 Å². The number of carbonyl (C=O) groups is 1. The molecule has 0 radical (unpaired) electrons. The van der Waals surface area contributed by atoms with Crippen LogP contribution in [0.15, 0.2) is 36.0 Å². The van der Waals surface area contributed by atoms with Crippen molar-refractivity contribution in [3.8, 4) is 0 Å². The molecule has 4 aliphatic rings. The minimum atomic E-state index is 0.0602. The van der Waals surface area contributed by atoms with Gasteiger partial charge in [0.1, 0.15) is 0 Å². The lowest BCUT2D eigenvalue weighted by Gasteiger charge is -2.38. The molecule has 1 heteroatoms. The van der Waals surface area contributed by atoms with Crippen molar-refractivity contribution >= 4 is 5.78 Å². The molecule has 3 atom stereocenters. The van der Waals surface area contributed by atoms with Crippen molar-refractivity contribution < 1.29 is 4.79 Å². The van der Waals surface area contributed by atoms with E-state index < -0.39 is 0 Å². The average molecular weight is 172 g/mol. The van der Waals surface area contributed by atoms with Gasteiger partial charge in [0.2, 0.25) is 0 Å². The van der Waals surface area contributed by atoms with Gasteiger partial charge in [-0.15, -0.1) is 0 Å². The Morgan fingerprint density at radius 1 is 1.38 bits per heavy atom. The number of fused-ring (bicyclic) bond motifs is 1. The number of allylic oxidation sites excluding steroid dienone is 5. The first-order valence-electron chi connectivity index (χ1n) is 4.90. The highest BCUT2D eigenvalue weighted by atomic mass is 16.1. The van der Waals surface area contributed by atoms with Crippen molar-refractivity contribution in [2.75, 3.05) is 0 Å². The summed E-state index contributed by atoms with van der Waals surface area (Å²) >= 11 is 0. The monoisotopic (exact) mass is 172 g/mol. The summed E-state index contributed by atoms with van der Waals surface area (Å²) in [7, 11) is 0. The number of carbonyl (C=O) groups excluding carboxylic acids is 1. The molecule has 0 heterocycles. The van der Waals surface area contributed by atoms with Gasteiger partial charge in [0, 0.05) is 5.92 Å². The lowest BCUT2D eigenvalue weighted by atomic mass is 9.64. The van der Waals surface area contributed by atoms with Crippen LogP contribution < -0.4 is 0 Å². The normalized spacial score (nSPS) is 40.9. The van der Waals surface area contributed by atoms with E-state index in [0.717, 1.165) is 12.0 Å². The molecule has 66 valence electrons. The highest BCUT2D eigenvalue weighted by Crippen LogP contribution is 2.49. The Morgan fingerprint density at radius 3 is 3.08 bits per heavy atom. The van der Waals surface area contributed by atoms with Gasteiger partial charge >= 0.3 is 0 Å². The van der Waals surface area contributed by atoms with E-state index in [9.17, 15) is 4.79 Å². The molecule has 1 nitrogen and oxygen atoms in total. The molecule has 4 aliphatic carbocycles. The fourth-order valence-electron chi connectivity index (χ4n) is 2.93. The molecule has 4 rings (SSSR count). The van der Waals surface area contributed by atoms with Gasteiger partial charge in [-0.1, -0.05) is 30.4 Å². The summed E-state index contributed by atoms with van der Waals surface area (Å²) < 4.78 is 0. The molecule has 0 aromatic carbocycles. The molecule has 0 spiro atoms. The summed E-state index contributed by atoms with van der Waals surface area (Å²) in [5.74, 6) is 1.26. The molecule has 0 amide bonds. The highest BCUT2D eigenvalue weighted by molar-refractivity contribution is 6.03. The Kier molecular flexibility index (Phi) is 1.25. The second-order valence-corrected chi connectivity index (χ2v) is 4.17. The summed E-state index contributed by atoms with van der Waals surface area (Å²) in [6.07, 6.45) is 8.87. The largest absolute Gasteiger partial charge is 0.294 e. The Bertz CT molecular complexity index is 359. The van der Waals surface area contributed by atoms with E-state index in [0.29, 0.717) is 11.8 Å². The maximum atomic E-state index is 11.7. The van der Waals surface area contributed by atoms with Crippen molar-refractivity contribution in [2.24, 2.45) is 17.8 Å². The van der Waals surface area contributed by atoms with Gasteiger partial charge in [0.15, 0.2) is 5.78 Å². The quantitative estimate of drug-likeness (QED) is 0.404. The van der Waals surface area contributed by atoms with E-state index in [-0.39, 0.29) is 11.7 Å². The predicted octanol–water partition coefficient (Wildman–Crippen LogP) is 2.26. The lowest BCUT2D eigenvalue weighted by molar-refractivity contribution is -0.118. The first-order valence-corrected chi connectivity index (χ1v) is 4.90.